The van der Waals surface area contributed by atoms with Gasteiger partial charge in [-0.2, -0.15) is 0 Å². The second-order valence-corrected chi connectivity index (χ2v) is 5.25. The largest absolute Gasteiger partial charge is 0.492 e. The normalized spacial score (nSPS) is 23.8. The van der Waals surface area contributed by atoms with Gasteiger partial charge in [0.15, 0.2) is 0 Å². The van der Waals surface area contributed by atoms with Gasteiger partial charge in [-0.25, -0.2) is 0 Å². The van der Waals surface area contributed by atoms with Crippen molar-refractivity contribution < 1.29 is 19.3 Å². The van der Waals surface area contributed by atoms with Crippen LogP contribution in [0.3, 0.4) is 0 Å². The minimum atomic E-state index is 0.0624. The Morgan fingerprint density at radius 1 is 1.25 bits per heavy atom. The van der Waals surface area contributed by atoms with Crippen LogP contribution in [0.2, 0.25) is 0 Å². The molecule has 1 N–H and O–H groups in total. The number of nitrogens with zero attached hydrogens (tertiary/aromatic N) is 1. The fourth-order valence-electron chi connectivity index (χ4n) is 2.69. The smallest absolute Gasteiger partial charge is 0.123 e. The van der Waals surface area contributed by atoms with Gasteiger partial charge in [0.2, 0.25) is 0 Å². The van der Waals surface area contributed by atoms with E-state index < -0.39 is 0 Å². The van der Waals surface area contributed by atoms with Gasteiger partial charge in [0, 0.05) is 25.2 Å². The van der Waals surface area contributed by atoms with Gasteiger partial charge < -0.3 is 19.3 Å². The fraction of sp³-hybridized carbons (Fsp3) is 0.600. The maximum Gasteiger partial charge on any atom is 0.123 e. The average Bonchev–Trinajstić information content (AvgIpc) is 2.69. The van der Waals surface area contributed by atoms with Crippen molar-refractivity contribution in [2.45, 2.75) is 19.3 Å². The molecule has 3 rings (SSSR count). The standard InChI is InChI=1S/C15H21NO4/c17-10-12-1-2-15-13(7-12)8-16(3-4-20-15)9-14-11-18-5-6-19-14/h1-2,7,14,17H,3-6,8-11H2/t14-/m0/s1. The molecule has 0 aliphatic carbocycles. The fourth-order valence-corrected chi connectivity index (χ4v) is 2.69. The Morgan fingerprint density at radius 3 is 3.00 bits per heavy atom. The van der Waals surface area contributed by atoms with Crippen LogP contribution in [0.4, 0.5) is 0 Å². The van der Waals surface area contributed by atoms with Crippen LogP contribution in [-0.2, 0) is 22.6 Å². The highest BCUT2D eigenvalue weighted by Gasteiger charge is 2.21. The third-order valence-corrected chi connectivity index (χ3v) is 3.71. The molecule has 5 heteroatoms. The molecule has 2 aliphatic rings. The molecule has 2 aliphatic heterocycles. The van der Waals surface area contributed by atoms with Gasteiger partial charge in [-0.3, -0.25) is 4.90 Å². The number of aliphatic hydroxyl groups excluding tert-OH is 1. The van der Waals surface area contributed by atoms with Gasteiger partial charge in [0.25, 0.3) is 0 Å². The molecule has 20 heavy (non-hydrogen) atoms. The van der Waals surface area contributed by atoms with E-state index >= 15 is 0 Å². The predicted molar refractivity (Wildman–Crippen MR) is 73.7 cm³/mol. The van der Waals surface area contributed by atoms with Crippen LogP contribution < -0.4 is 4.74 Å². The first-order chi connectivity index (χ1) is 9.85. The lowest BCUT2D eigenvalue weighted by atomic mass is 10.1. The molecule has 1 saturated heterocycles. The van der Waals surface area contributed by atoms with Crippen LogP contribution in [0, 0.1) is 0 Å². The summed E-state index contributed by atoms with van der Waals surface area (Å²) in [5.74, 6) is 0.922. The number of ether oxygens (including phenoxy) is 3. The highest BCUT2D eigenvalue weighted by atomic mass is 16.6. The van der Waals surface area contributed by atoms with Crippen molar-refractivity contribution in [2.24, 2.45) is 0 Å². The van der Waals surface area contributed by atoms with Gasteiger partial charge in [-0.15, -0.1) is 0 Å². The highest BCUT2D eigenvalue weighted by molar-refractivity contribution is 5.37. The summed E-state index contributed by atoms with van der Waals surface area (Å²) in [7, 11) is 0. The predicted octanol–water partition coefficient (Wildman–Crippen LogP) is 0.789. The summed E-state index contributed by atoms with van der Waals surface area (Å²) >= 11 is 0. The van der Waals surface area contributed by atoms with E-state index in [2.05, 4.69) is 4.90 Å². The molecule has 0 aromatic heterocycles. The lowest BCUT2D eigenvalue weighted by molar-refractivity contribution is -0.0982. The first kappa shape index (κ1) is 13.8. The molecule has 0 radical (unpaired) electrons. The summed E-state index contributed by atoms with van der Waals surface area (Å²) in [6.45, 7) is 5.34. The van der Waals surface area contributed by atoms with Gasteiger partial charge in [-0.05, 0) is 17.7 Å². The molecular formula is C15H21NO4. The summed E-state index contributed by atoms with van der Waals surface area (Å²) in [5.41, 5.74) is 2.05. The molecule has 1 aromatic carbocycles. The molecule has 0 spiro atoms. The van der Waals surface area contributed by atoms with Crippen molar-refractivity contribution in [3.8, 4) is 5.75 Å². The molecule has 5 nitrogen and oxygen atoms in total. The van der Waals surface area contributed by atoms with Crippen molar-refractivity contribution in [3.63, 3.8) is 0 Å². The van der Waals surface area contributed by atoms with E-state index in [9.17, 15) is 5.11 Å². The quantitative estimate of drug-likeness (QED) is 0.886. The van der Waals surface area contributed by atoms with Crippen LogP contribution in [0.1, 0.15) is 11.1 Å². The molecule has 2 heterocycles. The van der Waals surface area contributed by atoms with E-state index in [1.165, 1.54) is 0 Å². The molecule has 1 fully saturated rings. The lowest BCUT2D eigenvalue weighted by Gasteiger charge is -2.28. The second kappa shape index (κ2) is 6.54. The molecule has 0 saturated carbocycles. The molecule has 110 valence electrons. The van der Waals surface area contributed by atoms with Crippen molar-refractivity contribution in [1.82, 2.24) is 4.90 Å². The first-order valence-electron chi connectivity index (χ1n) is 7.12. The first-order valence-corrected chi connectivity index (χ1v) is 7.12. The van der Waals surface area contributed by atoms with Crippen molar-refractivity contribution in [2.75, 3.05) is 39.5 Å². The summed E-state index contributed by atoms with van der Waals surface area (Å²) in [6, 6.07) is 5.88. The molecule has 0 unspecified atom stereocenters. The van der Waals surface area contributed by atoms with Gasteiger partial charge >= 0.3 is 0 Å². The minimum Gasteiger partial charge on any atom is -0.492 e. The van der Waals surface area contributed by atoms with E-state index in [-0.39, 0.29) is 12.7 Å². The monoisotopic (exact) mass is 279 g/mol. The van der Waals surface area contributed by atoms with Gasteiger partial charge in [0.05, 0.1) is 32.5 Å². The Morgan fingerprint density at radius 2 is 2.20 bits per heavy atom. The summed E-state index contributed by atoms with van der Waals surface area (Å²) in [4.78, 5) is 2.33. The zero-order valence-electron chi connectivity index (χ0n) is 11.6. The van der Waals surface area contributed by atoms with Crippen molar-refractivity contribution in [1.29, 1.82) is 0 Å². The number of benzene rings is 1. The van der Waals surface area contributed by atoms with E-state index in [1.54, 1.807) is 0 Å². The summed E-state index contributed by atoms with van der Waals surface area (Å²) in [6.07, 6.45) is 0.145. The second-order valence-electron chi connectivity index (χ2n) is 5.25. The molecule has 0 bridgehead atoms. The van der Waals surface area contributed by atoms with Crippen LogP contribution in [0.15, 0.2) is 18.2 Å². The van der Waals surface area contributed by atoms with Crippen LogP contribution >= 0.6 is 0 Å². The SMILES string of the molecule is OCc1ccc2c(c1)CN(C[C@H]1COCCO1)CCO2. The van der Waals surface area contributed by atoms with Crippen molar-refractivity contribution in [3.05, 3.63) is 29.3 Å². The van der Waals surface area contributed by atoms with E-state index in [0.29, 0.717) is 26.4 Å². The lowest BCUT2D eigenvalue weighted by Crippen LogP contribution is -2.40. The Labute approximate surface area is 119 Å². The van der Waals surface area contributed by atoms with E-state index in [4.69, 9.17) is 14.2 Å². The van der Waals surface area contributed by atoms with Crippen LogP contribution in [0.5, 0.6) is 5.75 Å². The Kier molecular flexibility index (Phi) is 4.52. The van der Waals surface area contributed by atoms with E-state index in [1.807, 2.05) is 18.2 Å². The Bertz CT molecular complexity index is 445. The van der Waals surface area contributed by atoms with Gasteiger partial charge in [0.1, 0.15) is 12.4 Å². The number of hydrogen-bond donors (Lipinski definition) is 1. The molecular weight excluding hydrogens is 258 g/mol. The van der Waals surface area contributed by atoms with Crippen molar-refractivity contribution >= 4 is 0 Å². The van der Waals surface area contributed by atoms with E-state index in [0.717, 1.165) is 36.5 Å². The summed E-state index contributed by atoms with van der Waals surface area (Å²) in [5, 5.41) is 9.25. The zero-order chi connectivity index (χ0) is 13.8. The maximum atomic E-state index is 9.25. The number of fused-ring (bicyclic) bond motifs is 1. The summed E-state index contributed by atoms with van der Waals surface area (Å²) < 4.78 is 16.9. The van der Waals surface area contributed by atoms with Gasteiger partial charge in [-0.1, -0.05) is 6.07 Å². The third kappa shape index (κ3) is 3.30. The minimum absolute atomic E-state index is 0.0624. The number of rotatable bonds is 3. The zero-order valence-corrected chi connectivity index (χ0v) is 11.6. The Hall–Kier alpha value is -1.14. The maximum absolute atomic E-state index is 9.25. The van der Waals surface area contributed by atoms with Crippen LogP contribution in [0.25, 0.3) is 0 Å². The Balaban J connectivity index is 1.68. The molecule has 1 aromatic rings. The number of hydrogen-bond acceptors (Lipinski definition) is 5. The average molecular weight is 279 g/mol. The topological polar surface area (TPSA) is 51.2 Å². The number of aliphatic hydroxyl groups is 1. The molecule has 1 atom stereocenters. The highest BCUT2D eigenvalue weighted by Crippen LogP contribution is 2.24. The molecule has 0 amide bonds. The third-order valence-electron chi connectivity index (χ3n) is 3.71. The van der Waals surface area contributed by atoms with Crippen LogP contribution in [-0.4, -0.2) is 55.6 Å².